The van der Waals surface area contributed by atoms with Gasteiger partial charge < -0.3 is 20.9 Å². The van der Waals surface area contributed by atoms with Crippen LogP contribution < -0.4 is 11.1 Å². The van der Waals surface area contributed by atoms with E-state index in [2.05, 4.69) is 79.7 Å². The van der Waals surface area contributed by atoms with Crippen molar-refractivity contribution < 1.29 is 0 Å². The van der Waals surface area contributed by atoms with Crippen molar-refractivity contribution in [3.05, 3.63) is 84.2 Å². The minimum absolute atomic E-state index is 0.320. The second-order valence-electron chi connectivity index (χ2n) is 8.39. The Hall–Kier alpha value is -3.19. The molecule has 3 rings (SSSR count). The number of H-pyrrole nitrogens is 1. The molecule has 7 nitrogen and oxygen atoms in total. The molecule has 0 fully saturated rings. The number of imidazole rings is 1. The van der Waals surface area contributed by atoms with Gasteiger partial charge in [0.1, 0.15) is 0 Å². The minimum atomic E-state index is 0.320. The summed E-state index contributed by atoms with van der Waals surface area (Å²) in [5.41, 5.74) is 9.57. The number of aryl methyl sites for hydroxylation is 1. The number of aliphatic imine (C=N–C) groups is 1. The fourth-order valence-corrected chi connectivity index (χ4v) is 3.88. The maximum absolute atomic E-state index is 5.97. The largest absolute Gasteiger partial charge is 0.370 e. The normalized spacial score (nSPS) is 12.7. The molecule has 0 spiro atoms. The Morgan fingerprint density at radius 3 is 2.70 bits per heavy atom. The average Bonchev–Trinajstić information content (AvgIpc) is 3.37. The van der Waals surface area contributed by atoms with Crippen LogP contribution in [0.3, 0.4) is 0 Å². The summed E-state index contributed by atoms with van der Waals surface area (Å²) in [6.07, 6.45) is 10.6. The zero-order valence-corrected chi connectivity index (χ0v) is 19.7. The van der Waals surface area contributed by atoms with E-state index < -0.39 is 0 Å². The predicted octanol–water partition coefficient (Wildman–Crippen LogP) is 3.58. The zero-order valence-electron chi connectivity index (χ0n) is 19.7. The molecule has 0 bridgehead atoms. The van der Waals surface area contributed by atoms with Gasteiger partial charge in [0.05, 0.1) is 6.33 Å². The average molecular weight is 448 g/mol. The van der Waals surface area contributed by atoms with Gasteiger partial charge in [-0.25, -0.2) is 4.98 Å². The number of aromatic amines is 1. The van der Waals surface area contributed by atoms with Crippen molar-refractivity contribution in [1.82, 2.24) is 25.2 Å². The lowest BCUT2D eigenvalue weighted by Gasteiger charge is -2.22. The third-order valence-corrected chi connectivity index (χ3v) is 5.76. The number of unbranched alkanes of at least 4 members (excludes halogenated alkanes) is 1. The van der Waals surface area contributed by atoms with Gasteiger partial charge in [0.2, 0.25) is 0 Å². The third kappa shape index (κ3) is 9.06. The second-order valence-corrected chi connectivity index (χ2v) is 8.39. The first-order valence-corrected chi connectivity index (χ1v) is 11.9. The number of guanidine groups is 1. The van der Waals surface area contributed by atoms with Gasteiger partial charge in [0, 0.05) is 42.8 Å². The zero-order chi connectivity index (χ0) is 23.1. The number of pyridine rings is 1. The van der Waals surface area contributed by atoms with Crippen LogP contribution in [-0.2, 0) is 6.42 Å². The lowest BCUT2D eigenvalue weighted by atomic mass is 9.92. The molecule has 7 heteroatoms. The van der Waals surface area contributed by atoms with Crippen LogP contribution in [-0.4, -0.2) is 59.0 Å². The van der Waals surface area contributed by atoms with Crippen LogP contribution in [0.15, 0.2) is 72.2 Å². The van der Waals surface area contributed by atoms with Gasteiger partial charge in [-0.05, 0) is 69.9 Å². The van der Waals surface area contributed by atoms with Gasteiger partial charge in [-0.15, -0.1) is 0 Å². The van der Waals surface area contributed by atoms with E-state index in [9.17, 15) is 0 Å². The first kappa shape index (κ1) is 24.5. The van der Waals surface area contributed by atoms with Crippen molar-refractivity contribution in [3.63, 3.8) is 0 Å². The fourth-order valence-electron chi connectivity index (χ4n) is 3.88. The van der Waals surface area contributed by atoms with E-state index in [4.69, 9.17) is 5.73 Å². The van der Waals surface area contributed by atoms with E-state index in [0.717, 1.165) is 69.7 Å². The molecule has 0 aliphatic carbocycles. The first-order valence-electron chi connectivity index (χ1n) is 11.9. The third-order valence-electron chi connectivity index (χ3n) is 5.76. The van der Waals surface area contributed by atoms with Crippen molar-refractivity contribution >= 4 is 5.96 Å². The second kappa shape index (κ2) is 14.1. The molecule has 0 amide bonds. The molecule has 0 aliphatic heterocycles. The van der Waals surface area contributed by atoms with Gasteiger partial charge in [-0.2, -0.15) is 0 Å². The number of nitrogens with zero attached hydrogens (tertiary/aromatic N) is 4. The molecule has 0 aliphatic rings. The molecule has 1 aromatic carbocycles. The number of aromatic nitrogens is 3. The Morgan fingerprint density at radius 2 is 1.94 bits per heavy atom. The van der Waals surface area contributed by atoms with Crippen LogP contribution in [0.4, 0.5) is 0 Å². The molecule has 33 heavy (non-hydrogen) atoms. The highest BCUT2D eigenvalue weighted by molar-refractivity contribution is 5.77. The quantitative estimate of drug-likeness (QED) is 0.199. The standard InChI is InChI=1S/C26H37N7/c1-33(18-8-7-16-30-26(27)31-17-9-12-23-20-28-21-32-23)19-14-24(22-10-3-2-4-11-22)25-13-5-6-15-29-25/h2-6,10-11,13,15,20-21,24H,7-9,12,14,16-19H2,1H3,(H,28,32)(H3,27,30,31). The van der Waals surface area contributed by atoms with E-state index in [1.807, 2.05) is 18.5 Å². The number of hydrogen-bond acceptors (Lipinski definition) is 4. The fraction of sp³-hybridized carbons (Fsp3) is 0.423. The smallest absolute Gasteiger partial charge is 0.188 e. The highest BCUT2D eigenvalue weighted by atomic mass is 15.1. The number of rotatable bonds is 14. The van der Waals surface area contributed by atoms with Gasteiger partial charge in [-0.1, -0.05) is 36.4 Å². The van der Waals surface area contributed by atoms with Crippen LogP contribution in [0.2, 0.25) is 0 Å². The van der Waals surface area contributed by atoms with Gasteiger partial charge in [-0.3, -0.25) is 9.98 Å². The lowest BCUT2D eigenvalue weighted by molar-refractivity contribution is 0.315. The van der Waals surface area contributed by atoms with E-state index in [0.29, 0.717) is 11.9 Å². The van der Waals surface area contributed by atoms with E-state index in [-0.39, 0.29) is 0 Å². The molecule has 0 saturated heterocycles. The van der Waals surface area contributed by atoms with Crippen LogP contribution in [0.1, 0.15) is 48.6 Å². The molecular formula is C26H37N7. The Morgan fingerprint density at radius 1 is 1.09 bits per heavy atom. The first-order chi connectivity index (χ1) is 16.2. The number of nitrogens with two attached hydrogens (primary N) is 1. The summed E-state index contributed by atoms with van der Waals surface area (Å²) in [6.45, 7) is 3.67. The Balaban J connectivity index is 1.31. The van der Waals surface area contributed by atoms with E-state index in [1.54, 1.807) is 6.33 Å². The molecule has 0 radical (unpaired) electrons. The maximum atomic E-state index is 5.97. The Kier molecular flexibility index (Phi) is 10.4. The Labute approximate surface area is 197 Å². The van der Waals surface area contributed by atoms with E-state index in [1.165, 1.54) is 5.56 Å². The number of hydrogen-bond donors (Lipinski definition) is 3. The molecular weight excluding hydrogens is 410 g/mol. The molecule has 3 aromatic rings. The van der Waals surface area contributed by atoms with Crippen molar-refractivity contribution in [3.8, 4) is 0 Å². The van der Waals surface area contributed by atoms with Gasteiger partial charge in [0.25, 0.3) is 0 Å². The molecule has 176 valence electrons. The highest BCUT2D eigenvalue weighted by Gasteiger charge is 2.15. The minimum Gasteiger partial charge on any atom is -0.370 e. The molecule has 2 heterocycles. The number of nitrogens with one attached hydrogen (secondary N) is 2. The van der Waals surface area contributed by atoms with Gasteiger partial charge >= 0.3 is 0 Å². The van der Waals surface area contributed by atoms with Gasteiger partial charge in [0.15, 0.2) is 5.96 Å². The summed E-state index contributed by atoms with van der Waals surface area (Å²) in [5.74, 6) is 0.856. The number of benzene rings is 1. The maximum Gasteiger partial charge on any atom is 0.188 e. The topological polar surface area (TPSA) is 95.2 Å². The Bertz CT molecular complexity index is 871. The van der Waals surface area contributed by atoms with Crippen LogP contribution in [0, 0.1) is 0 Å². The summed E-state index contributed by atoms with van der Waals surface area (Å²) < 4.78 is 0. The van der Waals surface area contributed by atoms with Crippen molar-refractivity contribution in [2.45, 2.75) is 38.0 Å². The van der Waals surface area contributed by atoms with Crippen molar-refractivity contribution in [2.75, 3.05) is 33.2 Å². The summed E-state index contributed by atoms with van der Waals surface area (Å²) in [6, 6.07) is 16.9. The molecule has 1 unspecified atom stereocenters. The van der Waals surface area contributed by atoms with Crippen LogP contribution >= 0.6 is 0 Å². The van der Waals surface area contributed by atoms with Crippen LogP contribution in [0.25, 0.3) is 0 Å². The molecule has 4 N–H and O–H groups in total. The monoisotopic (exact) mass is 447 g/mol. The lowest BCUT2D eigenvalue weighted by Crippen LogP contribution is -2.33. The summed E-state index contributed by atoms with van der Waals surface area (Å²) >= 11 is 0. The summed E-state index contributed by atoms with van der Waals surface area (Å²) in [5, 5.41) is 3.22. The molecule has 0 saturated carbocycles. The highest BCUT2D eigenvalue weighted by Crippen LogP contribution is 2.26. The van der Waals surface area contributed by atoms with Crippen molar-refractivity contribution in [1.29, 1.82) is 0 Å². The molecule has 1 atom stereocenters. The summed E-state index contributed by atoms with van der Waals surface area (Å²) in [4.78, 5) is 18.5. The SMILES string of the molecule is CN(CCCCNC(N)=NCCCc1cnc[nH]1)CCC(c1ccccc1)c1ccccn1. The summed E-state index contributed by atoms with van der Waals surface area (Å²) in [7, 11) is 2.20. The van der Waals surface area contributed by atoms with E-state index >= 15 is 0 Å². The predicted molar refractivity (Wildman–Crippen MR) is 135 cm³/mol. The molecule has 2 aromatic heterocycles. The van der Waals surface area contributed by atoms with Crippen molar-refractivity contribution in [2.24, 2.45) is 10.7 Å². The van der Waals surface area contributed by atoms with Crippen LogP contribution in [0.5, 0.6) is 0 Å².